The average Bonchev–Trinajstić information content (AvgIpc) is 2.29. The molecule has 2 aromatic rings. The van der Waals surface area contributed by atoms with E-state index < -0.39 is 11.7 Å². The maximum Gasteiger partial charge on any atom is 0.417 e. The van der Waals surface area contributed by atoms with E-state index in [-0.39, 0.29) is 18.0 Å². The van der Waals surface area contributed by atoms with Gasteiger partial charge in [-0.05, 0) is 29.3 Å². The van der Waals surface area contributed by atoms with Gasteiger partial charge in [0.1, 0.15) is 0 Å². The largest absolute Gasteiger partial charge is 0.417 e. The lowest BCUT2D eigenvalue weighted by Gasteiger charge is -2.12. The first-order valence-corrected chi connectivity index (χ1v) is 4.65. The Balaban J connectivity index is 0.00000144. The monoisotopic (exact) mass is 259 g/mol. The molecule has 0 saturated heterocycles. The van der Waals surface area contributed by atoms with Crippen LogP contribution in [0, 0.1) is 0 Å². The molecule has 0 unspecified atom stereocenters. The van der Waals surface area contributed by atoms with Crippen molar-refractivity contribution in [2.75, 3.05) is 0 Å². The van der Waals surface area contributed by atoms with Crippen molar-refractivity contribution in [3.8, 4) is 11.1 Å². The van der Waals surface area contributed by atoms with E-state index in [0.29, 0.717) is 5.56 Å². The number of alkyl halides is 3. The Morgan fingerprint density at radius 1 is 0.882 bits per heavy atom. The van der Waals surface area contributed by atoms with Gasteiger partial charge in [-0.15, -0.1) is 12.4 Å². The minimum absolute atomic E-state index is 0. The molecule has 5 heteroatoms. The van der Waals surface area contributed by atoms with Crippen molar-refractivity contribution in [3.63, 3.8) is 0 Å². The van der Waals surface area contributed by atoms with Crippen LogP contribution in [-0.4, -0.2) is 4.98 Å². The number of rotatable bonds is 1. The van der Waals surface area contributed by atoms with Crippen molar-refractivity contribution in [1.82, 2.24) is 4.98 Å². The Morgan fingerprint density at radius 3 is 2.06 bits per heavy atom. The van der Waals surface area contributed by atoms with E-state index in [9.17, 15) is 13.2 Å². The van der Waals surface area contributed by atoms with Crippen molar-refractivity contribution in [1.29, 1.82) is 0 Å². The summed E-state index contributed by atoms with van der Waals surface area (Å²) in [5, 5.41) is 0. The lowest BCUT2D eigenvalue weighted by atomic mass is 10.0. The van der Waals surface area contributed by atoms with Gasteiger partial charge < -0.3 is 0 Å². The van der Waals surface area contributed by atoms with E-state index in [4.69, 9.17) is 0 Å². The van der Waals surface area contributed by atoms with Crippen molar-refractivity contribution in [2.24, 2.45) is 0 Å². The number of nitrogens with zero attached hydrogens (tertiary/aromatic N) is 1. The van der Waals surface area contributed by atoms with E-state index in [1.165, 1.54) is 24.5 Å². The topological polar surface area (TPSA) is 12.9 Å². The highest BCUT2D eigenvalue weighted by atomic mass is 35.5. The molecule has 1 heterocycles. The molecule has 90 valence electrons. The molecule has 0 N–H and O–H groups in total. The Bertz CT molecular complexity index is 483. The third-order valence-corrected chi connectivity index (χ3v) is 2.22. The van der Waals surface area contributed by atoms with Gasteiger partial charge >= 0.3 is 6.18 Å². The van der Waals surface area contributed by atoms with Crippen LogP contribution in [-0.2, 0) is 6.18 Å². The predicted molar refractivity (Wildman–Crippen MR) is 61.9 cm³/mol. The van der Waals surface area contributed by atoms with E-state index >= 15 is 0 Å². The summed E-state index contributed by atoms with van der Waals surface area (Å²) in [6.07, 6.45) is -1.38. The second-order valence-corrected chi connectivity index (χ2v) is 3.28. The molecule has 0 bridgehead atoms. The number of pyridine rings is 1. The van der Waals surface area contributed by atoms with Gasteiger partial charge in [-0.3, -0.25) is 4.98 Å². The van der Waals surface area contributed by atoms with Crippen molar-refractivity contribution < 1.29 is 13.2 Å². The second kappa shape index (κ2) is 5.19. The summed E-state index contributed by atoms with van der Waals surface area (Å²) >= 11 is 0. The van der Waals surface area contributed by atoms with Crippen LogP contribution in [0.15, 0.2) is 48.8 Å². The quantitative estimate of drug-likeness (QED) is 0.748. The zero-order chi connectivity index (χ0) is 11.6. The number of benzene rings is 1. The standard InChI is InChI=1S/C12H8F3N.ClH/c13-12(14,15)11-4-2-1-3-10(11)9-5-7-16-8-6-9;/h1-8H;1H. The summed E-state index contributed by atoms with van der Waals surface area (Å²) in [5.74, 6) is 0. The smallest absolute Gasteiger partial charge is 0.265 e. The lowest BCUT2D eigenvalue weighted by Crippen LogP contribution is -2.06. The first-order chi connectivity index (χ1) is 7.59. The maximum absolute atomic E-state index is 12.7. The minimum atomic E-state index is -4.33. The number of hydrogen-bond donors (Lipinski definition) is 0. The van der Waals surface area contributed by atoms with Gasteiger partial charge in [-0.25, -0.2) is 0 Å². The van der Waals surface area contributed by atoms with Gasteiger partial charge in [0, 0.05) is 12.4 Å². The molecule has 1 aromatic carbocycles. The molecule has 0 aliphatic carbocycles. The SMILES string of the molecule is Cl.FC(F)(F)c1ccccc1-c1ccncc1. The van der Waals surface area contributed by atoms with Crippen molar-refractivity contribution in [2.45, 2.75) is 6.18 Å². The van der Waals surface area contributed by atoms with Crippen LogP contribution >= 0.6 is 12.4 Å². The third-order valence-electron chi connectivity index (χ3n) is 2.22. The maximum atomic E-state index is 12.7. The molecular formula is C12H9ClF3N. The Labute approximate surface area is 103 Å². The third kappa shape index (κ3) is 2.97. The van der Waals surface area contributed by atoms with Crippen LogP contribution in [0.25, 0.3) is 11.1 Å². The number of aromatic nitrogens is 1. The molecule has 0 amide bonds. The summed E-state index contributed by atoms with van der Waals surface area (Å²) in [6.45, 7) is 0. The van der Waals surface area contributed by atoms with Gasteiger partial charge in [-0.1, -0.05) is 18.2 Å². The molecule has 17 heavy (non-hydrogen) atoms. The van der Waals surface area contributed by atoms with Crippen LogP contribution in [0.2, 0.25) is 0 Å². The van der Waals surface area contributed by atoms with Crippen LogP contribution in [0.1, 0.15) is 5.56 Å². The lowest BCUT2D eigenvalue weighted by molar-refractivity contribution is -0.137. The normalized spacial score (nSPS) is 10.8. The molecule has 0 atom stereocenters. The minimum Gasteiger partial charge on any atom is -0.265 e. The van der Waals surface area contributed by atoms with Gasteiger partial charge in [0.15, 0.2) is 0 Å². The zero-order valence-corrected chi connectivity index (χ0v) is 9.42. The van der Waals surface area contributed by atoms with Crippen LogP contribution in [0.3, 0.4) is 0 Å². The summed E-state index contributed by atoms with van der Waals surface area (Å²) in [4.78, 5) is 3.78. The van der Waals surface area contributed by atoms with Gasteiger partial charge in [-0.2, -0.15) is 13.2 Å². The first-order valence-electron chi connectivity index (χ1n) is 4.65. The molecule has 0 radical (unpaired) electrons. The van der Waals surface area contributed by atoms with E-state index in [1.54, 1.807) is 18.2 Å². The van der Waals surface area contributed by atoms with E-state index in [0.717, 1.165) is 6.07 Å². The molecular weight excluding hydrogens is 251 g/mol. The molecule has 0 fully saturated rings. The van der Waals surface area contributed by atoms with Crippen molar-refractivity contribution in [3.05, 3.63) is 54.4 Å². The van der Waals surface area contributed by atoms with E-state index in [1.807, 2.05) is 0 Å². The molecule has 0 aliphatic rings. The Kier molecular flexibility index (Phi) is 4.12. The Hall–Kier alpha value is -1.55. The first kappa shape index (κ1) is 13.5. The van der Waals surface area contributed by atoms with Crippen LogP contribution < -0.4 is 0 Å². The Morgan fingerprint density at radius 2 is 1.47 bits per heavy atom. The van der Waals surface area contributed by atoms with Crippen LogP contribution in [0.5, 0.6) is 0 Å². The van der Waals surface area contributed by atoms with Gasteiger partial charge in [0.2, 0.25) is 0 Å². The fraction of sp³-hybridized carbons (Fsp3) is 0.0833. The highest BCUT2D eigenvalue weighted by molar-refractivity contribution is 5.85. The highest BCUT2D eigenvalue weighted by Gasteiger charge is 2.33. The summed E-state index contributed by atoms with van der Waals surface area (Å²) in [7, 11) is 0. The summed E-state index contributed by atoms with van der Waals surface area (Å²) in [6, 6.07) is 8.63. The van der Waals surface area contributed by atoms with E-state index in [2.05, 4.69) is 4.98 Å². The molecule has 0 saturated carbocycles. The molecule has 0 spiro atoms. The molecule has 1 aromatic heterocycles. The second-order valence-electron chi connectivity index (χ2n) is 3.28. The summed E-state index contributed by atoms with van der Waals surface area (Å²) < 4.78 is 38.2. The zero-order valence-electron chi connectivity index (χ0n) is 8.61. The molecule has 0 aliphatic heterocycles. The fourth-order valence-electron chi connectivity index (χ4n) is 1.51. The van der Waals surface area contributed by atoms with Gasteiger partial charge in [0.05, 0.1) is 5.56 Å². The average molecular weight is 260 g/mol. The number of halogens is 4. The molecule has 1 nitrogen and oxygen atoms in total. The predicted octanol–water partition coefficient (Wildman–Crippen LogP) is 4.19. The molecule has 2 rings (SSSR count). The fourth-order valence-corrected chi connectivity index (χ4v) is 1.51. The highest BCUT2D eigenvalue weighted by Crippen LogP contribution is 2.36. The number of hydrogen-bond acceptors (Lipinski definition) is 1. The van der Waals surface area contributed by atoms with Gasteiger partial charge in [0.25, 0.3) is 0 Å². The van der Waals surface area contributed by atoms with Crippen molar-refractivity contribution >= 4 is 12.4 Å². The summed E-state index contributed by atoms with van der Waals surface area (Å²) in [5.41, 5.74) is 0.0709. The van der Waals surface area contributed by atoms with Crippen LogP contribution in [0.4, 0.5) is 13.2 Å².